The van der Waals surface area contributed by atoms with Crippen LogP contribution in [-0.2, 0) is 21.4 Å². The average molecular weight is 358 g/mol. The van der Waals surface area contributed by atoms with Gasteiger partial charge < -0.3 is 5.32 Å². The number of amides is 1. The van der Waals surface area contributed by atoms with Crippen LogP contribution in [0.1, 0.15) is 31.2 Å². The molecule has 2 aromatic carbocycles. The summed E-state index contributed by atoms with van der Waals surface area (Å²) in [5.74, 6) is 0.280. The van der Waals surface area contributed by atoms with E-state index in [0.29, 0.717) is 12.1 Å². The molecule has 1 fully saturated rings. The Morgan fingerprint density at radius 1 is 1.04 bits per heavy atom. The first-order valence-electron chi connectivity index (χ1n) is 8.44. The highest BCUT2D eigenvalue weighted by Crippen LogP contribution is 2.27. The number of rotatable bonds is 5. The molecular weight excluding hydrogens is 336 g/mol. The first-order valence-corrected chi connectivity index (χ1v) is 9.98. The summed E-state index contributed by atoms with van der Waals surface area (Å²) < 4.78 is 23.5. The topological polar surface area (TPSA) is 89.3 Å². The number of nitrogens with one attached hydrogen (secondary N) is 1. The SMILES string of the molecule is NS(=O)(=O)c1ccccc1-c1ccc(CNC(=O)C2CCCC2)cc1. The van der Waals surface area contributed by atoms with Crippen molar-refractivity contribution in [1.82, 2.24) is 5.32 Å². The predicted molar refractivity (Wildman–Crippen MR) is 97.1 cm³/mol. The van der Waals surface area contributed by atoms with Gasteiger partial charge in [0.2, 0.25) is 15.9 Å². The number of primary sulfonamides is 1. The first-order chi connectivity index (χ1) is 11.9. The molecule has 1 aliphatic rings. The average Bonchev–Trinajstić information content (AvgIpc) is 3.14. The fourth-order valence-corrected chi connectivity index (χ4v) is 4.04. The summed E-state index contributed by atoms with van der Waals surface area (Å²) in [5, 5.41) is 8.27. The minimum atomic E-state index is -3.78. The molecule has 0 radical (unpaired) electrons. The summed E-state index contributed by atoms with van der Waals surface area (Å²) in [6.45, 7) is 0.479. The Labute approximate surface area is 148 Å². The number of benzene rings is 2. The van der Waals surface area contributed by atoms with E-state index in [9.17, 15) is 13.2 Å². The Morgan fingerprint density at radius 2 is 1.68 bits per heavy atom. The van der Waals surface area contributed by atoms with Crippen molar-refractivity contribution in [3.05, 3.63) is 54.1 Å². The third-order valence-corrected chi connectivity index (χ3v) is 5.62. The molecule has 0 heterocycles. The Hall–Kier alpha value is -2.18. The number of carbonyl (C=O) groups is 1. The fourth-order valence-electron chi connectivity index (χ4n) is 3.28. The van der Waals surface area contributed by atoms with Gasteiger partial charge in [0.25, 0.3) is 0 Å². The molecular formula is C19H22N2O3S. The van der Waals surface area contributed by atoms with Crippen LogP contribution in [0.4, 0.5) is 0 Å². The molecule has 5 nitrogen and oxygen atoms in total. The molecule has 1 saturated carbocycles. The van der Waals surface area contributed by atoms with Gasteiger partial charge in [-0.25, -0.2) is 13.6 Å². The second kappa shape index (κ2) is 7.37. The van der Waals surface area contributed by atoms with E-state index >= 15 is 0 Å². The van der Waals surface area contributed by atoms with Crippen molar-refractivity contribution >= 4 is 15.9 Å². The van der Waals surface area contributed by atoms with Crippen molar-refractivity contribution in [1.29, 1.82) is 0 Å². The monoisotopic (exact) mass is 358 g/mol. The number of nitrogens with two attached hydrogens (primary N) is 1. The van der Waals surface area contributed by atoms with Crippen LogP contribution in [0.15, 0.2) is 53.4 Å². The molecule has 0 saturated heterocycles. The van der Waals surface area contributed by atoms with E-state index in [-0.39, 0.29) is 16.7 Å². The van der Waals surface area contributed by atoms with Crippen molar-refractivity contribution in [2.75, 3.05) is 0 Å². The van der Waals surface area contributed by atoms with E-state index in [0.717, 1.165) is 36.8 Å². The molecule has 6 heteroatoms. The molecule has 2 aromatic rings. The van der Waals surface area contributed by atoms with Crippen LogP contribution in [0.5, 0.6) is 0 Å². The van der Waals surface area contributed by atoms with Gasteiger partial charge >= 0.3 is 0 Å². The lowest BCUT2D eigenvalue weighted by atomic mass is 10.0. The van der Waals surface area contributed by atoms with E-state index in [2.05, 4.69) is 5.32 Å². The Balaban J connectivity index is 1.72. The second-order valence-corrected chi connectivity index (χ2v) is 7.97. The Bertz CT molecular complexity index is 854. The molecule has 0 atom stereocenters. The molecule has 1 aliphatic carbocycles. The van der Waals surface area contributed by atoms with Crippen LogP contribution in [0.2, 0.25) is 0 Å². The van der Waals surface area contributed by atoms with Gasteiger partial charge in [0, 0.05) is 18.0 Å². The van der Waals surface area contributed by atoms with Crippen LogP contribution < -0.4 is 10.5 Å². The molecule has 3 rings (SSSR count). The van der Waals surface area contributed by atoms with Gasteiger partial charge in [-0.15, -0.1) is 0 Å². The van der Waals surface area contributed by atoms with Crippen LogP contribution in [0.25, 0.3) is 11.1 Å². The number of carbonyl (C=O) groups excluding carboxylic acids is 1. The third kappa shape index (κ3) is 4.27. The van der Waals surface area contributed by atoms with Crippen LogP contribution >= 0.6 is 0 Å². The highest BCUT2D eigenvalue weighted by atomic mass is 32.2. The predicted octanol–water partition coefficient (Wildman–Crippen LogP) is 2.81. The van der Waals surface area contributed by atoms with Crippen LogP contribution in [-0.4, -0.2) is 14.3 Å². The van der Waals surface area contributed by atoms with Crippen LogP contribution in [0, 0.1) is 5.92 Å². The van der Waals surface area contributed by atoms with E-state index in [1.165, 1.54) is 6.07 Å². The zero-order valence-electron chi connectivity index (χ0n) is 13.9. The zero-order valence-corrected chi connectivity index (χ0v) is 14.8. The van der Waals surface area contributed by atoms with Gasteiger partial charge in [0.15, 0.2) is 0 Å². The lowest BCUT2D eigenvalue weighted by molar-refractivity contribution is -0.124. The quantitative estimate of drug-likeness (QED) is 0.861. The molecule has 0 aromatic heterocycles. The lowest BCUT2D eigenvalue weighted by Gasteiger charge is -2.11. The van der Waals surface area contributed by atoms with E-state index in [4.69, 9.17) is 5.14 Å². The summed E-state index contributed by atoms with van der Waals surface area (Å²) in [5.41, 5.74) is 2.32. The lowest BCUT2D eigenvalue weighted by Crippen LogP contribution is -2.28. The van der Waals surface area contributed by atoms with E-state index < -0.39 is 10.0 Å². The number of hydrogen-bond donors (Lipinski definition) is 2. The summed E-state index contributed by atoms with van der Waals surface area (Å²) in [7, 11) is -3.78. The minimum Gasteiger partial charge on any atom is -0.352 e. The van der Waals surface area contributed by atoms with E-state index in [1.54, 1.807) is 18.2 Å². The normalized spacial score (nSPS) is 15.2. The number of hydrogen-bond acceptors (Lipinski definition) is 3. The van der Waals surface area contributed by atoms with Gasteiger partial charge in [-0.1, -0.05) is 55.3 Å². The zero-order chi connectivity index (χ0) is 17.9. The molecule has 0 bridgehead atoms. The van der Waals surface area contributed by atoms with Crippen molar-refractivity contribution in [2.24, 2.45) is 11.1 Å². The van der Waals surface area contributed by atoms with Gasteiger partial charge in [0.1, 0.15) is 0 Å². The van der Waals surface area contributed by atoms with Crippen molar-refractivity contribution in [3.8, 4) is 11.1 Å². The van der Waals surface area contributed by atoms with Gasteiger partial charge in [-0.2, -0.15) is 0 Å². The van der Waals surface area contributed by atoms with Gasteiger partial charge in [-0.3, -0.25) is 4.79 Å². The standard InChI is InChI=1S/C19H22N2O3S/c20-25(23,24)18-8-4-3-7-17(18)15-11-9-14(10-12-15)13-21-19(22)16-5-1-2-6-16/h3-4,7-12,16H,1-2,5-6,13H2,(H,21,22)(H2,20,23,24). The molecule has 0 unspecified atom stereocenters. The third-order valence-electron chi connectivity index (χ3n) is 4.65. The van der Waals surface area contributed by atoms with Crippen molar-refractivity contribution in [3.63, 3.8) is 0 Å². The molecule has 25 heavy (non-hydrogen) atoms. The Kier molecular flexibility index (Phi) is 5.20. The molecule has 3 N–H and O–H groups in total. The van der Waals surface area contributed by atoms with Gasteiger partial charge in [-0.05, 0) is 30.0 Å². The highest BCUT2D eigenvalue weighted by molar-refractivity contribution is 7.89. The maximum atomic E-state index is 12.1. The van der Waals surface area contributed by atoms with Crippen LogP contribution in [0.3, 0.4) is 0 Å². The Morgan fingerprint density at radius 3 is 2.32 bits per heavy atom. The minimum absolute atomic E-state index is 0.109. The fraction of sp³-hybridized carbons (Fsp3) is 0.316. The first kappa shape index (κ1) is 17.6. The summed E-state index contributed by atoms with van der Waals surface area (Å²) in [4.78, 5) is 12.2. The maximum absolute atomic E-state index is 12.1. The molecule has 0 aliphatic heterocycles. The second-order valence-electron chi connectivity index (χ2n) is 6.44. The molecule has 132 valence electrons. The highest BCUT2D eigenvalue weighted by Gasteiger charge is 2.22. The maximum Gasteiger partial charge on any atom is 0.238 e. The van der Waals surface area contributed by atoms with Crippen molar-refractivity contribution in [2.45, 2.75) is 37.1 Å². The van der Waals surface area contributed by atoms with Crippen molar-refractivity contribution < 1.29 is 13.2 Å². The van der Waals surface area contributed by atoms with E-state index in [1.807, 2.05) is 24.3 Å². The largest absolute Gasteiger partial charge is 0.352 e. The van der Waals surface area contributed by atoms with Gasteiger partial charge in [0.05, 0.1) is 4.90 Å². The summed E-state index contributed by atoms with van der Waals surface area (Å²) in [6.07, 6.45) is 4.23. The summed E-state index contributed by atoms with van der Waals surface area (Å²) in [6, 6.07) is 14.1. The smallest absolute Gasteiger partial charge is 0.238 e. The number of sulfonamides is 1. The molecule has 0 spiro atoms. The molecule has 1 amide bonds. The summed E-state index contributed by atoms with van der Waals surface area (Å²) >= 11 is 0.